The number of thioether (sulfide) groups is 1. The van der Waals surface area contributed by atoms with Gasteiger partial charge in [-0.2, -0.15) is 0 Å². The summed E-state index contributed by atoms with van der Waals surface area (Å²) in [5, 5.41) is 19.0. The fourth-order valence-electron chi connectivity index (χ4n) is 2.50. The second kappa shape index (κ2) is 5.98. The number of anilines is 1. The average Bonchev–Trinajstić information content (AvgIpc) is 3.15. The fraction of sp³-hybridized carbons (Fsp3) is 0.0588. The van der Waals surface area contributed by atoms with Gasteiger partial charge in [-0.3, -0.25) is 9.69 Å². The van der Waals surface area contributed by atoms with Crippen LogP contribution < -0.4 is 14.4 Å². The molecule has 1 amide bonds. The topological polar surface area (TPSA) is 79.2 Å². The van der Waals surface area contributed by atoms with Gasteiger partial charge in [0.1, 0.15) is 0 Å². The third kappa shape index (κ3) is 2.79. The molecule has 2 aromatic rings. The lowest BCUT2D eigenvalue weighted by Crippen LogP contribution is -2.27. The molecule has 0 bridgehead atoms. The Balaban J connectivity index is 1.66. The molecule has 126 valence electrons. The minimum absolute atomic E-state index is 0.154. The molecule has 0 atom stereocenters. The van der Waals surface area contributed by atoms with Crippen LogP contribution in [0.4, 0.5) is 5.69 Å². The first-order valence-electron chi connectivity index (χ1n) is 7.22. The van der Waals surface area contributed by atoms with Crippen molar-refractivity contribution in [3.63, 3.8) is 0 Å². The van der Waals surface area contributed by atoms with Crippen molar-refractivity contribution in [1.82, 2.24) is 0 Å². The third-order valence-corrected chi connectivity index (χ3v) is 5.01. The molecule has 2 aliphatic heterocycles. The van der Waals surface area contributed by atoms with E-state index in [1.165, 1.54) is 28.8 Å². The Morgan fingerprint density at radius 3 is 2.68 bits per heavy atom. The maximum Gasteiger partial charge on any atom is 0.270 e. The van der Waals surface area contributed by atoms with Gasteiger partial charge < -0.3 is 19.7 Å². The highest BCUT2D eigenvalue weighted by atomic mass is 32.2. The summed E-state index contributed by atoms with van der Waals surface area (Å²) in [7, 11) is 0. The van der Waals surface area contributed by atoms with E-state index in [-0.39, 0.29) is 24.2 Å². The normalized spacial score (nSPS) is 17.6. The molecule has 2 aromatic carbocycles. The Morgan fingerprint density at radius 1 is 1.08 bits per heavy atom. The van der Waals surface area contributed by atoms with Crippen molar-refractivity contribution in [2.24, 2.45) is 0 Å². The molecule has 4 rings (SSSR count). The Bertz CT molecular complexity index is 941. The van der Waals surface area contributed by atoms with E-state index in [0.717, 1.165) is 0 Å². The van der Waals surface area contributed by atoms with E-state index in [1.807, 2.05) is 0 Å². The molecule has 2 N–H and O–H groups in total. The number of hydrogen-bond acceptors (Lipinski definition) is 7. The standard InChI is InChI=1S/C17H11NO5S2/c19-11-3-1-9(5-12(11)20)6-15-16(21)18(17(24)25-15)10-2-4-13-14(7-10)23-8-22-13/h1-7,19-20H,8H2. The number of phenolic OH excluding ortho intramolecular Hbond substituents is 2. The highest BCUT2D eigenvalue weighted by Crippen LogP contribution is 2.41. The van der Waals surface area contributed by atoms with E-state index in [0.29, 0.717) is 32.0 Å². The van der Waals surface area contributed by atoms with Crippen LogP contribution in [-0.2, 0) is 4.79 Å². The molecule has 0 saturated carbocycles. The van der Waals surface area contributed by atoms with Gasteiger partial charge in [0.2, 0.25) is 6.79 Å². The highest BCUT2D eigenvalue weighted by molar-refractivity contribution is 8.27. The van der Waals surface area contributed by atoms with Crippen LogP contribution >= 0.6 is 24.0 Å². The molecular weight excluding hydrogens is 362 g/mol. The zero-order valence-electron chi connectivity index (χ0n) is 12.6. The second-order valence-electron chi connectivity index (χ2n) is 5.30. The molecule has 1 fully saturated rings. The van der Waals surface area contributed by atoms with Crippen LogP contribution in [0.5, 0.6) is 23.0 Å². The number of hydrogen-bond donors (Lipinski definition) is 2. The summed E-state index contributed by atoms with van der Waals surface area (Å²) in [4.78, 5) is 14.6. The number of thiocarbonyl (C=S) groups is 1. The number of nitrogens with zero attached hydrogens (tertiary/aromatic N) is 1. The van der Waals surface area contributed by atoms with Crippen molar-refractivity contribution in [1.29, 1.82) is 0 Å². The van der Waals surface area contributed by atoms with Crippen LogP contribution in [0.3, 0.4) is 0 Å². The van der Waals surface area contributed by atoms with Crippen LogP contribution in [-0.4, -0.2) is 27.2 Å². The summed E-state index contributed by atoms with van der Waals surface area (Å²) in [5.74, 6) is 0.467. The number of carbonyl (C=O) groups excluding carboxylic acids is 1. The molecule has 0 aliphatic carbocycles. The van der Waals surface area contributed by atoms with Crippen LogP contribution in [0.15, 0.2) is 41.3 Å². The molecule has 2 aliphatic rings. The van der Waals surface area contributed by atoms with Gasteiger partial charge in [-0.05, 0) is 35.9 Å². The summed E-state index contributed by atoms with van der Waals surface area (Å²) in [6.45, 7) is 0.154. The number of ether oxygens (including phenoxy) is 2. The molecule has 0 aromatic heterocycles. The molecule has 6 nitrogen and oxygen atoms in total. The fourth-order valence-corrected chi connectivity index (χ4v) is 3.80. The lowest BCUT2D eigenvalue weighted by atomic mass is 10.2. The zero-order chi connectivity index (χ0) is 17.6. The molecule has 0 unspecified atom stereocenters. The monoisotopic (exact) mass is 373 g/mol. The quantitative estimate of drug-likeness (QED) is 0.475. The first kappa shape index (κ1) is 15.8. The first-order chi connectivity index (χ1) is 12.0. The number of benzene rings is 2. The summed E-state index contributed by atoms with van der Waals surface area (Å²) in [6.07, 6.45) is 1.62. The van der Waals surface area contributed by atoms with Gasteiger partial charge in [-0.25, -0.2) is 0 Å². The summed E-state index contributed by atoms with van der Waals surface area (Å²) in [6, 6.07) is 9.53. The van der Waals surface area contributed by atoms with Gasteiger partial charge >= 0.3 is 0 Å². The van der Waals surface area contributed by atoms with Gasteiger partial charge in [0, 0.05) is 6.07 Å². The minimum atomic E-state index is -0.263. The molecule has 2 heterocycles. The average molecular weight is 373 g/mol. The van der Waals surface area contributed by atoms with Crippen molar-refractivity contribution in [2.45, 2.75) is 0 Å². The van der Waals surface area contributed by atoms with E-state index in [9.17, 15) is 15.0 Å². The molecular formula is C17H11NO5S2. The summed E-state index contributed by atoms with van der Waals surface area (Å²) < 4.78 is 11.0. The van der Waals surface area contributed by atoms with E-state index in [2.05, 4.69) is 0 Å². The van der Waals surface area contributed by atoms with Crippen LogP contribution in [0.1, 0.15) is 5.56 Å². The van der Waals surface area contributed by atoms with Crippen molar-refractivity contribution < 1.29 is 24.5 Å². The lowest BCUT2D eigenvalue weighted by molar-refractivity contribution is -0.113. The number of phenols is 2. The first-order valence-corrected chi connectivity index (χ1v) is 8.45. The van der Waals surface area contributed by atoms with Crippen molar-refractivity contribution in [3.05, 3.63) is 46.9 Å². The maximum absolute atomic E-state index is 12.7. The van der Waals surface area contributed by atoms with Crippen LogP contribution in [0, 0.1) is 0 Å². The maximum atomic E-state index is 12.7. The Hall–Kier alpha value is -2.71. The number of rotatable bonds is 2. The van der Waals surface area contributed by atoms with E-state index < -0.39 is 0 Å². The molecule has 1 saturated heterocycles. The van der Waals surface area contributed by atoms with E-state index in [1.54, 1.807) is 30.3 Å². The predicted molar refractivity (Wildman–Crippen MR) is 98.0 cm³/mol. The smallest absolute Gasteiger partial charge is 0.270 e. The van der Waals surface area contributed by atoms with Crippen molar-refractivity contribution in [2.75, 3.05) is 11.7 Å². The molecule has 25 heavy (non-hydrogen) atoms. The second-order valence-corrected chi connectivity index (χ2v) is 6.98. The van der Waals surface area contributed by atoms with Gasteiger partial charge in [0.25, 0.3) is 5.91 Å². The lowest BCUT2D eigenvalue weighted by Gasteiger charge is -2.14. The SMILES string of the molecule is O=C1C(=Cc2ccc(O)c(O)c2)SC(=S)N1c1ccc2c(c1)OCO2. The van der Waals surface area contributed by atoms with Crippen molar-refractivity contribution in [3.8, 4) is 23.0 Å². The number of fused-ring (bicyclic) bond motifs is 1. The third-order valence-electron chi connectivity index (χ3n) is 3.71. The number of aromatic hydroxyl groups is 2. The van der Waals surface area contributed by atoms with Gasteiger partial charge in [-0.1, -0.05) is 30.0 Å². The van der Waals surface area contributed by atoms with Gasteiger partial charge in [0.15, 0.2) is 27.3 Å². The number of amides is 1. The number of carbonyl (C=O) groups is 1. The molecule has 0 radical (unpaired) electrons. The van der Waals surface area contributed by atoms with Crippen LogP contribution in [0.25, 0.3) is 6.08 Å². The molecule has 0 spiro atoms. The van der Waals surface area contributed by atoms with E-state index >= 15 is 0 Å². The Labute approximate surface area is 152 Å². The van der Waals surface area contributed by atoms with E-state index in [4.69, 9.17) is 21.7 Å². The summed E-state index contributed by atoms with van der Waals surface area (Å²) >= 11 is 6.50. The Kier molecular flexibility index (Phi) is 3.78. The largest absolute Gasteiger partial charge is 0.504 e. The highest BCUT2D eigenvalue weighted by Gasteiger charge is 2.34. The zero-order valence-corrected chi connectivity index (χ0v) is 14.3. The van der Waals surface area contributed by atoms with Gasteiger partial charge in [-0.15, -0.1) is 0 Å². The van der Waals surface area contributed by atoms with Crippen molar-refractivity contribution >= 4 is 46.0 Å². The predicted octanol–water partition coefficient (Wildman–Crippen LogP) is 3.23. The minimum Gasteiger partial charge on any atom is -0.504 e. The Morgan fingerprint density at radius 2 is 1.88 bits per heavy atom. The summed E-state index contributed by atoms with van der Waals surface area (Å²) in [5.41, 5.74) is 1.19. The van der Waals surface area contributed by atoms with Gasteiger partial charge in [0.05, 0.1) is 10.6 Å². The van der Waals surface area contributed by atoms with Crippen LogP contribution in [0.2, 0.25) is 0 Å². The molecule has 8 heteroatoms.